The van der Waals surface area contributed by atoms with Gasteiger partial charge in [-0.1, -0.05) is 28.1 Å². The summed E-state index contributed by atoms with van der Waals surface area (Å²) in [5, 5.41) is 8.69. The van der Waals surface area contributed by atoms with Crippen molar-refractivity contribution in [2.24, 2.45) is 5.73 Å². The Hall–Kier alpha value is -0.940. The first-order valence-electron chi connectivity index (χ1n) is 4.35. The van der Waals surface area contributed by atoms with Crippen molar-refractivity contribution >= 4 is 21.9 Å². The SMILES string of the molecule is CC(F)c1ccc(C(N)C(=O)O)cc1Br. The lowest BCUT2D eigenvalue weighted by atomic mass is 10.0. The van der Waals surface area contributed by atoms with Gasteiger partial charge in [-0.2, -0.15) is 0 Å². The molecule has 0 aliphatic rings. The monoisotopic (exact) mass is 275 g/mol. The van der Waals surface area contributed by atoms with Crippen molar-refractivity contribution in [3.8, 4) is 0 Å². The molecule has 0 radical (unpaired) electrons. The molecule has 3 N–H and O–H groups in total. The summed E-state index contributed by atoms with van der Waals surface area (Å²) in [6.45, 7) is 1.41. The van der Waals surface area contributed by atoms with Crippen LogP contribution in [-0.2, 0) is 4.79 Å². The topological polar surface area (TPSA) is 63.3 Å². The van der Waals surface area contributed by atoms with E-state index in [2.05, 4.69) is 15.9 Å². The van der Waals surface area contributed by atoms with Gasteiger partial charge < -0.3 is 10.8 Å². The minimum Gasteiger partial charge on any atom is -0.480 e. The lowest BCUT2D eigenvalue weighted by Gasteiger charge is -2.10. The summed E-state index contributed by atoms with van der Waals surface area (Å²) in [6, 6.07) is 3.51. The second-order valence-electron chi connectivity index (χ2n) is 3.21. The summed E-state index contributed by atoms with van der Waals surface area (Å²) in [5.74, 6) is -1.11. The van der Waals surface area contributed by atoms with Crippen LogP contribution in [0.2, 0.25) is 0 Å². The van der Waals surface area contributed by atoms with Gasteiger partial charge in [-0.25, -0.2) is 4.39 Å². The van der Waals surface area contributed by atoms with Crippen LogP contribution in [0.4, 0.5) is 4.39 Å². The van der Waals surface area contributed by atoms with Crippen LogP contribution in [0.15, 0.2) is 22.7 Å². The molecule has 1 aromatic carbocycles. The molecular formula is C10H11BrFNO2. The number of benzene rings is 1. The predicted octanol–water partition coefficient (Wildman–Crippen LogP) is 2.56. The number of rotatable bonds is 3. The van der Waals surface area contributed by atoms with Crippen molar-refractivity contribution in [2.75, 3.05) is 0 Å². The molecule has 5 heteroatoms. The van der Waals surface area contributed by atoms with E-state index in [-0.39, 0.29) is 0 Å². The highest BCUT2D eigenvalue weighted by molar-refractivity contribution is 9.10. The highest BCUT2D eigenvalue weighted by Gasteiger charge is 2.16. The number of nitrogens with two attached hydrogens (primary N) is 1. The minimum absolute atomic E-state index is 0.443. The number of carboxylic acids is 1. The molecule has 0 aromatic heterocycles. The normalized spacial score (nSPS) is 14.7. The zero-order valence-electron chi connectivity index (χ0n) is 8.08. The smallest absolute Gasteiger partial charge is 0.325 e. The van der Waals surface area contributed by atoms with Crippen molar-refractivity contribution in [1.29, 1.82) is 0 Å². The zero-order chi connectivity index (χ0) is 11.6. The second kappa shape index (κ2) is 4.72. The Bertz CT molecular complexity index is 382. The molecule has 0 saturated carbocycles. The zero-order valence-corrected chi connectivity index (χ0v) is 9.66. The maximum absolute atomic E-state index is 13.0. The van der Waals surface area contributed by atoms with E-state index in [4.69, 9.17) is 10.8 Å². The molecule has 0 aliphatic heterocycles. The van der Waals surface area contributed by atoms with E-state index < -0.39 is 18.2 Å². The Kier molecular flexibility index (Phi) is 3.82. The second-order valence-corrected chi connectivity index (χ2v) is 4.07. The van der Waals surface area contributed by atoms with Crippen LogP contribution in [0, 0.1) is 0 Å². The molecule has 2 atom stereocenters. The van der Waals surface area contributed by atoms with Crippen molar-refractivity contribution in [3.05, 3.63) is 33.8 Å². The summed E-state index contributed by atoms with van der Waals surface area (Å²) in [6.07, 6.45) is -1.10. The summed E-state index contributed by atoms with van der Waals surface area (Å²) in [7, 11) is 0. The molecule has 82 valence electrons. The first-order chi connectivity index (χ1) is 6.93. The van der Waals surface area contributed by atoms with Gasteiger partial charge in [-0.3, -0.25) is 4.79 Å². The molecule has 0 fully saturated rings. The van der Waals surface area contributed by atoms with Crippen LogP contribution >= 0.6 is 15.9 Å². The maximum atomic E-state index is 13.0. The fourth-order valence-electron chi connectivity index (χ4n) is 1.20. The summed E-state index contributed by atoms with van der Waals surface area (Å²) in [5.41, 5.74) is 6.34. The number of hydrogen-bond donors (Lipinski definition) is 2. The highest BCUT2D eigenvalue weighted by atomic mass is 79.9. The highest BCUT2D eigenvalue weighted by Crippen LogP contribution is 2.28. The van der Waals surface area contributed by atoms with Gasteiger partial charge in [0.25, 0.3) is 0 Å². The van der Waals surface area contributed by atoms with Crippen molar-refractivity contribution in [3.63, 3.8) is 0 Å². The summed E-state index contributed by atoms with van der Waals surface area (Å²) in [4.78, 5) is 10.6. The quantitative estimate of drug-likeness (QED) is 0.891. The number of hydrogen-bond acceptors (Lipinski definition) is 2. The van der Waals surface area contributed by atoms with E-state index in [0.29, 0.717) is 15.6 Å². The third kappa shape index (κ3) is 2.76. The fourth-order valence-corrected chi connectivity index (χ4v) is 1.91. The summed E-state index contributed by atoms with van der Waals surface area (Å²) >= 11 is 3.18. The third-order valence-electron chi connectivity index (χ3n) is 2.08. The summed E-state index contributed by atoms with van der Waals surface area (Å²) < 4.78 is 13.5. The van der Waals surface area contributed by atoms with Gasteiger partial charge in [-0.15, -0.1) is 0 Å². The number of carboxylic acid groups (broad SMARTS) is 1. The maximum Gasteiger partial charge on any atom is 0.325 e. The van der Waals surface area contributed by atoms with Gasteiger partial charge in [0.05, 0.1) is 0 Å². The Balaban J connectivity index is 3.06. The molecule has 0 heterocycles. The number of halogens is 2. The third-order valence-corrected chi connectivity index (χ3v) is 2.76. The molecular weight excluding hydrogens is 265 g/mol. The number of aliphatic carboxylic acids is 1. The van der Waals surface area contributed by atoms with Crippen LogP contribution < -0.4 is 5.73 Å². The predicted molar refractivity (Wildman–Crippen MR) is 58.2 cm³/mol. The van der Waals surface area contributed by atoms with Crippen LogP contribution in [0.25, 0.3) is 0 Å². The van der Waals surface area contributed by atoms with Gasteiger partial charge in [0.2, 0.25) is 0 Å². The molecule has 0 bridgehead atoms. The van der Waals surface area contributed by atoms with Gasteiger partial charge in [-0.05, 0) is 24.1 Å². The van der Waals surface area contributed by atoms with Crippen LogP contribution in [0.5, 0.6) is 0 Å². The molecule has 0 amide bonds. The van der Waals surface area contributed by atoms with Gasteiger partial charge in [0.1, 0.15) is 12.2 Å². The molecule has 1 rings (SSSR count). The molecule has 1 aromatic rings. The first kappa shape index (κ1) is 12.1. The lowest BCUT2D eigenvalue weighted by Crippen LogP contribution is -2.20. The van der Waals surface area contributed by atoms with E-state index in [1.54, 1.807) is 0 Å². The molecule has 2 unspecified atom stereocenters. The number of alkyl halides is 1. The van der Waals surface area contributed by atoms with Gasteiger partial charge in [0, 0.05) is 4.47 Å². The van der Waals surface area contributed by atoms with Gasteiger partial charge >= 0.3 is 5.97 Å². The van der Waals surface area contributed by atoms with Crippen molar-refractivity contribution < 1.29 is 14.3 Å². The Morgan fingerprint density at radius 1 is 1.60 bits per heavy atom. The Morgan fingerprint density at radius 2 is 2.20 bits per heavy atom. The van der Waals surface area contributed by atoms with E-state index in [9.17, 15) is 9.18 Å². The standard InChI is InChI=1S/C10H11BrFNO2/c1-5(12)7-3-2-6(4-8(7)11)9(13)10(14)15/h2-5,9H,13H2,1H3,(H,14,15). The molecule has 0 spiro atoms. The van der Waals surface area contributed by atoms with E-state index in [0.717, 1.165) is 0 Å². The lowest BCUT2D eigenvalue weighted by molar-refractivity contribution is -0.138. The van der Waals surface area contributed by atoms with E-state index in [1.165, 1.54) is 25.1 Å². The molecule has 15 heavy (non-hydrogen) atoms. The van der Waals surface area contributed by atoms with Crippen molar-refractivity contribution in [2.45, 2.75) is 19.1 Å². The Labute approximate surface area is 95.2 Å². The molecule has 0 saturated heterocycles. The van der Waals surface area contributed by atoms with Crippen LogP contribution in [0.3, 0.4) is 0 Å². The van der Waals surface area contributed by atoms with Crippen molar-refractivity contribution in [1.82, 2.24) is 0 Å². The molecule has 0 aliphatic carbocycles. The minimum atomic E-state index is -1.11. The van der Waals surface area contributed by atoms with E-state index in [1.807, 2.05) is 0 Å². The van der Waals surface area contributed by atoms with E-state index >= 15 is 0 Å². The van der Waals surface area contributed by atoms with Crippen LogP contribution in [0.1, 0.15) is 30.3 Å². The first-order valence-corrected chi connectivity index (χ1v) is 5.14. The van der Waals surface area contributed by atoms with Crippen LogP contribution in [-0.4, -0.2) is 11.1 Å². The van der Waals surface area contributed by atoms with Gasteiger partial charge in [0.15, 0.2) is 0 Å². The average Bonchev–Trinajstić information content (AvgIpc) is 2.15. The Morgan fingerprint density at radius 3 is 2.60 bits per heavy atom. The molecule has 3 nitrogen and oxygen atoms in total. The fraction of sp³-hybridized carbons (Fsp3) is 0.300. The number of carbonyl (C=O) groups is 1. The largest absolute Gasteiger partial charge is 0.480 e. The average molecular weight is 276 g/mol.